The van der Waals surface area contributed by atoms with Crippen molar-refractivity contribution >= 4 is 5.78 Å². The molecule has 0 aromatic heterocycles. The van der Waals surface area contributed by atoms with Gasteiger partial charge in [-0.05, 0) is 44.4 Å². The molecular formula is C16H22O4. The largest absolute Gasteiger partial charge is 0.490 e. The van der Waals surface area contributed by atoms with Crippen molar-refractivity contribution in [1.29, 1.82) is 0 Å². The van der Waals surface area contributed by atoms with Crippen LogP contribution in [0.3, 0.4) is 0 Å². The molecule has 0 spiro atoms. The minimum absolute atomic E-state index is 0.143. The van der Waals surface area contributed by atoms with Crippen molar-refractivity contribution in [1.82, 2.24) is 0 Å². The molecule has 1 atom stereocenters. The van der Waals surface area contributed by atoms with Crippen molar-refractivity contribution in [3.05, 3.63) is 23.8 Å². The molecule has 0 aliphatic carbocycles. The van der Waals surface area contributed by atoms with E-state index in [1.165, 1.54) is 0 Å². The molecule has 0 amide bonds. The standard InChI is InChI=1S/C16H22O4/c1-3-19-15-6-5-13(10-16(15)20-4-2)14(17)9-12-7-8-18-11-12/h5-6,10,12H,3-4,7-9,11H2,1-2H3. The molecule has 1 fully saturated rings. The SMILES string of the molecule is CCOc1ccc(C(=O)CC2CCOC2)cc1OCC. The minimum atomic E-state index is 0.143. The molecule has 1 unspecified atom stereocenters. The van der Waals surface area contributed by atoms with Gasteiger partial charge in [0.15, 0.2) is 17.3 Å². The number of hydrogen-bond donors (Lipinski definition) is 0. The van der Waals surface area contributed by atoms with E-state index < -0.39 is 0 Å². The van der Waals surface area contributed by atoms with E-state index in [-0.39, 0.29) is 5.78 Å². The molecule has 1 aliphatic rings. The lowest BCUT2D eigenvalue weighted by molar-refractivity contribution is 0.0952. The summed E-state index contributed by atoms with van der Waals surface area (Å²) in [5, 5.41) is 0. The Bertz CT molecular complexity index is 450. The number of rotatable bonds is 7. The highest BCUT2D eigenvalue weighted by Crippen LogP contribution is 2.30. The number of ketones is 1. The summed E-state index contributed by atoms with van der Waals surface area (Å²) in [6, 6.07) is 5.41. The maximum absolute atomic E-state index is 12.3. The molecule has 0 bridgehead atoms. The number of carbonyl (C=O) groups is 1. The summed E-state index contributed by atoms with van der Waals surface area (Å²) in [5.74, 6) is 1.83. The molecule has 2 rings (SSSR count). The van der Waals surface area contributed by atoms with Gasteiger partial charge in [-0.2, -0.15) is 0 Å². The fourth-order valence-corrected chi connectivity index (χ4v) is 2.35. The van der Waals surface area contributed by atoms with Crippen LogP contribution in [-0.2, 0) is 4.74 Å². The van der Waals surface area contributed by atoms with Crippen molar-refractivity contribution in [3.8, 4) is 11.5 Å². The van der Waals surface area contributed by atoms with Crippen LogP contribution in [0.4, 0.5) is 0 Å². The van der Waals surface area contributed by atoms with Gasteiger partial charge in [-0.1, -0.05) is 0 Å². The van der Waals surface area contributed by atoms with Crippen LogP contribution in [0.2, 0.25) is 0 Å². The van der Waals surface area contributed by atoms with Crippen LogP contribution < -0.4 is 9.47 Å². The third-order valence-electron chi connectivity index (χ3n) is 3.36. The van der Waals surface area contributed by atoms with Crippen LogP contribution in [0.25, 0.3) is 0 Å². The Morgan fingerprint density at radius 1 is 1.25 bits per heavy atom. The Hall–Kier alpha value is -1.55. The van der Waals surface area contributed by atoms with Gasteiger partial charge < -0.3 is 14.2 Å². The summed E-state index contributed by atoms with van der Waals surface area (Å²) >= 11 is 0. The Morgan fingerprint density at radius 2 is 2.00 bits per heavy atom. The van der Waals surface area contributed by atoms with Gasteiger partial charge in [0.05, 0.1) is 13.2 Å². The molecule has 20 heavy (non-hydrogen) atoms. The predicted octanol–water partition coefficient (Wildman–Crippen LogP) is 3.09. The Kier molecular flexibility index (Phi) is 5.41. The molecule has 0 saturated carbocycles. The molecule has 1 saturated heterocycles. The van der Waals surface area contributed by atoms with Crippen LogP contribution in [0, 0.1) is 5.92 Å². The van der Waals surface area contributed by atoms with E-state index in [0.717, 1.165) is 13.0 Å². The fraction of sp³-hybridized carbons (Fsp3) is 0.562. The van der Waals surface area contributed by atoms with Crippen LogP contribution >= 0.6 is 0 Å². The van der Waals surface area contributed by atoms with Gasteiger partial charge >= 0.3 is 0 Å². The fourth-order valence-electron chi connectivity index (χ4n) is 2.35. The first-order valence-electron chi connectivity index (χ1n) is 7.25. The molecule has 1 aliphatic heterocycles. The molecule has 4 heteroatoms. The Balaban J connectivity index is 2.10. The average Bonchev–Trinajstić information content (AvgIpc) is 2.94. The third-order valence-corrected chi connectivity index (χ3v) is 3.36. The summed E-state index contributed by atoms with van der Waals surface area (Å²) in [5.41, 5.74) is 0.684. The van der Waals surface area contributed by atoms with Crippen molar-refractivity contribution < 1.29 is 19.0 Å². The molecule has 1 aromatic rings. The lowest BCUT2D eigenvalue weighted by Gasteiger charge is -2.12. The zero-order chi connectivity index (χ0) is 14.4. The highest BCUT2D eigenvalue weighted by molar-refractivity contribution is 5.96. The summed E-state index contributed by atoms with van der Waals surface area (Å²) < 4.78 is 16.4. The molecule has 110 valence electrons. The van der Waals surface area contributed by atoms with Gasteiger partial charge in [0.1, 0.15) is 0 Å². The van der Waals surface area contributed by atoms with Crippen LogP contribution in [-0.4, -0.2) is 32.2 Å². The maximum atomic E-state index is 12.3. The highest BCUT2D eigenvalue weighted by atomic mass is 16.5. The lowest BCUT2D eigenvalue weighted by atomic mass is 9.97. The van der Waals surface area contributed by atoms with Crippen molar-refractivity contribution in [2.24, 2.45) is 5.92 Å². The van der Waals surface area contributed by atoms with E-state index in [1.807, 2.05) is 26.0 Å². The summed E-state index contributed by atoms with van der Waals surface area (Å²) in [4.78, 5) is 12.3. The topological polar surface area (TPSA) is 44.8 Å². The molecule has 1 heterocycles. The number of carbonyl (C=O) groups excluding carboxylic acids is 1. The maximum Gasteiger partial charge on any atom is 0.163 e. The highest BCUT2D eigenvalue weighted by Gasteiger charge is 2.20. The number of Topliss-reactive ketones (excluding diaryl/α,β-unsaturated/α-hetero) is 1. The molecular weight excluding hydrogens is 256 g/mol. The van der Waals surface area contributed by atoms with Gasteiger partial charge in [0.2, 0.25) is 0 Å². The summed E-state index contributed by atoms with van der Waals surface area (Å²) in [6.07, 6.45) is 1.51. The second-order valence-corrected chi connectivity index (χ2v) is 4.88. The monoisotopic (exact) mass is 278 g/mol. The van der Waals surface area contributed by atoms with E-state index in [4.69, 9.17) is 14.2 Å². The Labute approximate surface area is 120 Å². The smallest absolute Gasteiger partial charge is 0.163 e. The van der Waals surface area contributed by atoms with Gasteiger partial charge in [0, 0.05) is 25.2 Å². The average molecular weight is 278 g/mol. The van der Waals surface area contributed by atoms with Crippen LogP contribution in [0.5, 0.6) is 11.5 Å². The van der Waals surface area contributed by atoms with Gasteiger partial charge in [-0.15, -0.1) is 0 Å². The predicted molar refractivity (Wildman–Crippen MR) is 76.7 cm³/mol. The van der Waals surface area contributed by atoms with E-state index >= 15 is 0 Å². The Morgan fingerprint density at radius 3 is 2.65 bits per heavy atom. The first-order valence-corrected chi connectivity index (χ1v) is 7.25. The van der Waals surface area contributed by atoms with E-state index in [9.17, 15) is 4.79 Å². The second-order valence-electron chi connectivity index (χ2n) is 4.88. The van der Waals surface area contributed by atoms with Gasteiger partial charge in [0.25, 0.3) is 0 Å². The van der Waals surface area contributed by atoms with Gasteiger partial charge in [-0.3, -0.25) is 4.79 Å². The van der Waals surface area contributed by atoms with E-state index in [1.54, 1.807) is 6.07 Å². The van der Waals surface area contributed by atoms with E-state index in [2.05, 4.69) is 0 Å². The first kappa shape index (κ1) is 14.9. The molecule has 1 aromatic carbocycles. The van der Waals surface area contributed by atoms with Crippen LogP contribution in [0.15, 0.2) is 18.2 Å². The molecule has 0 N–H and O–H groups in total. The third kappa shape index (κ3) is 3.73. The molecule has 4 nitrogen and oxygen atoms in total. The van der Waals surface area contributed by atoms with Gasteiger partial charge in [-0.25, -0.2) is 0 Å². The second kappa shape index (κ2) is 7.29. The summed E-state index contributed by atoms with van der Waals surface area (Å²) in [6.45, 7) is 6.43. The lowest BCUT2D eigenvalue weighted by Crippen LogP contribution is -2.09. The van der Waals surface area contributed by atoms with Crippen molar-refractivity contribution in [3.63, 3.8) is 0 Å². The molecule has 0 radical (unpaired) electrons. The summed E-state index contributed by atoms with van der Waals surface area (Å²) in [7, 11) is 0. The zero-order valence-corrected chi connectivity index (χ0v) is 12.2. The quantitative estimate of drug-likeness (QED) is 0.719. The van der Waals surface area contributed by atoms with Crippen molar-refractivity contribution in [2.75, 3.05) is 26.4 Å². The number of ether oxygens (including phenoxy) is 3. The van der Waals surface area contributed by atoms with Crippen molar-refractivity contribution in [2.45, 2.75) is 26.7 Å². The van der Waals surface area contributed by atoms with Crippen LogP contribution in [0.1, 0.15) is 37.0 Å². The minimum Gasteiger partial charge on any atom is -0.490 e. The first-order chi connectivity index (χ1) is 9.74. The zero-order valence-electron chi connectivity index (χ0n) is 12.2. The normalized spacial score (nSPS) is 18.0. The number of benzene rings is 1. The number of hydrogen-bond acceptors (Lipinski definition) is 4. The van der Waals surface area contributed by atoms with E-state index in [0.29, 0.717) is 49.2 Å².